The van der Waals surface area contributed by atoms with Crippen LogP contribution in [0.1, 0.15) is 31.2 Å². The monoisotopic (exact) mass is 718 g/mol. The number of benzene rings is 3. The zero-order valence-electron chi connectivity index (χ0n) is 23.7. The van der Waals surface area contributed by atoms with Crippen LogP contribution in [0.3, 0.4) is 0 Å². The lowest BCUT2D eigenvalue weighted by Crippen LogP contribution is -2.43. The number of allylic oxidation sites excluding steroid dienone is 2. The first-order valence-corrected chi connectivity index (χ1v) is 16.2. The smallest absolute Gasteiger partial charge is 0.238 e. The zero-order valence-corrected chi connectivity index (χ0v) is 26.8. The van der Waals surface area contributed by atoms with E-state index in [1.807, 2.05) is 13.0 Å². The first kappa shape index (κ1) is 29.0. The Morgan fingerprint density at radius 2 is 1.32 bits per heavy atom. The van der Waals surface area contributed by atoms with Gasteiger partial charge in [-0.15, -0.1) is 0 Å². The largest absolute Gasteiger partial charge is 0.504 e. The van der Waals surface area contributed by atoms with Crippen LogP contribution in [0.4, 0.5) is 11.4 Å². The summed E-state index contributed by atoms with van der Waals surface area (Å²) in [5.74, 6) is -4.43. The van der Waals surface area contributed by atoms with Crippen LogP contribution in [0, 0.1) is 29.6 Å². The van der Waals surface area contributed by atoms with E-state index in [0.29, 0.717) is 24.4 Å². The number of halogens is 2. The van der Waals surface area contributed by atoms with Crippen molar-refractivity contribution in [2.24, 2.45) is 29.6 Å². The average Bonchev–Trinajstić information content (AvgIpc) is 3.42. The Bertz CT molecular complexity index is 1740. The Balaban J connectivity index is 1.34. The topological polar surface area (TPSA) is 104 Å². The lowest BCUT2D eigenvalue weighted by atomic mass is 9.57. The summed E-state index contributed by atoms with van der Waals surface area (Å²) in [7, 11) is 0. The molecule has 6 atom stereocenters. The van der Waals surface area contributed by atoms with E-state index in [4.69, 9.17) is 4.74 Å². The number of imide groups is 2. The van der Waals surface area contributed by atoms with Crippen molar-refractivity contribution in [3.8, 4) is 11.5 Å². The van der Waals surface area contributed by atoms with Gasteiger partial charge >= 0.3 is 0 Å². The summed E-state index contributed by atoms with van der Waals surface area (Å²) in [6.45, 7) is 2.15. The number of hydrogen-bond acceptors (Lipinski definition) is 6. The predicted molar refractivity (Wildman–Crippen MR) is 170 cm³/mol. The van der Waals surface area contributed by atoms with Crippen molar-refractivity contribution in [3.05, 3.63) is 92.9 Å². The highest BCUT2D eigenvalue weighted by Crippen LogP contribution is 2.59. The summed E-state index contributed by atoms with van der Waals surface area (Å²) in [5, 5.41) is 10.5. The molecule has 3 fully saturated rings. The quantitative estimate of drug-likeness (QED) is 0.243. The standard InChI is InChI=1S/C34H28Br2N2O6/c1-2-44-27-15-17(3-14-26(27)39)28-22-12-13-23-29(33(42)37(31(23)40)20-8-4-18(35)5-9-20)24(22)16-25-30(28)34(43)38(32(25)41)21-10-6-19(36)7-11-21/h3-12,14-15,23-25,28-30,39H,2,13,16H2,1H3/t23-,24+,25+,28-,29-,30+/m0/s1. The van der Waals surface area contributed by atoms with Gasteiger partial charge in [0.2, 0.25) is 23.6 Å². The Morgan fingerprint density at radius 1 is 0.750 bits per heavy atom. The molecule has 0 aromatic heterocycles. The molecule has 0 bridgehead atoms. The first-order chi connectivity index (χ1) is 21.2. The molecule has 224 valence electrons. The van der Waals surface area contributed by atoms with Crippen molar-refractivity contribution in [3.63, 3.8) is 0 Å². The van der Waals surface area contributed by atoms with Crippen LogP contribution < -0.4 is 14.5 Å². The van der Waals surface area contributed by atoms with Crippen molar-refractivity contribution in [2.75, 3.05) is 16.4 Å². The summed E-state index contributed by atoms with van der Waals surface area (Å²) >= 11 is 6.83. The molecule has 8 nitrogen and oxygen atoms in total. The minimum atomic E-state index is -0.709. The Labute approximate surface area is 270 Å². The molecular weight excluding hydrogens is 692 g/mol. The van der Waals surface area contributed by atoms with Crippen LogP contribution in [-0.4, -0.2) is 35.3 Å². The van der Waals surface area contributed by atoms with E-state index in [2.05, 4.69) is 31.9 Å². The Kier molecular flexibility index (Phi) is 7.24. The molecule has 44 heavy (non-hydrogen) atoms. The second-order valence-electron chi connectivity index (χ2n) is 11.7. The van der Waals surface area contributed by atoms with Gasteiger partial charge < -0.3 is 9.84 Å². The summed E-state index contributed by atoms with van der Waals surface area (Å²) in [6.07, 6.45) is 2.66. The van der Waals surface area contributed by atoms with Crippen molar-refractivity contribution < 1.29 is 29.0 Å². The van der Waals surface area contributed by atoms with E-state index in [-0.39, 0.29) is 41.5 Å². The van der Waals surface area contributed by atoms with Gasteiger partial charge in [0.05, 0.1) is 41.7 Å². The van der Waals surface area contributed by atoms with E-state index in [0.717, 1.165) is 20.1 Å². The number of carbonyl (C=O) groups is 4. The fraction of sp³-hybridized carbons (Fsp3) is 0.294. The van der Waals surface area contributed by atoms with Crippen molar-refractivity contribution in [1.82, 2.24) is 0 Å². The van der Waals surface area contributed by atoms with E-state index < -0.39 is 35.5 Å². The van der Waals surface area contributed by atoms with Crippen molar-refractivity contribution in [1.29, 1.82) is 0 Å². The maximum atomic E-state index is 14.2. The second-order valence-corrected chi connectivity index (χ2v) is 13.5. The predicted octanol–water partition coefficient (Wildman–Crippen LogP) is 6.36. The fourth-order valence-corrected chi connectivity index (χ4v) is 8.18. The van der Waals surface area contributed by atoms with Gasteiger partial charge in [-0.3, -0.25) is 29.0 Å². The molecule has 0 spiro atoms. The number of rotatable bonds is 5. The van der Waals surface area contributed by atoms with E-state index in [9.17, 15) is 24.3 Å². The third kappa shape index (κ3) is 4.44. The van der Waals surface area contributed by atoms with Crippen LogP contribution in [-0.2, 0) is 19.2 Å². The molecule has 1 saturated carbocycles. The van der Waals surface area contributed by atoms with Crippen LogP contribution >= 0.6 is 31.9 Å². The number of ether oxygens (including phenoxy) is 1. The van der Waals surface area contributed by atoms with Crippen molar-refractivity contribution >= 4 is 66.9 Å². The zero-order chi connectivity index (χ0) is 30.9. The molecule has 4 amide bonds. The third-order valence-electron chi connectivity index (χ3n) is 9.46. The summed E-state index contributed by atoms with van der Waals surface area (Å²) in [5.41, 5.74) is 2.60. The van der Waals surface area contributed by atoms with Gasteiger partial charge in [-0.2, -0.15) is 0 Å². The molecular formula is C34H28Br2N2O6. The van der Waals surface area contributed by atoms with Gasteiger partial charge in [0, 0.05) is 14.9 Å². The highest BCUT2D eigenvalue weighted by molar-refractivity contribution is 9.10. The number of fused-ring (bicyclic) bond motifs is 4. The van der Waals surface area contributed by atoms with Gasteiger partial charge in [-0.05, 0) is 91.9 Å². The van der Waals surface area contributed by atoms with Gasteiger partial charge in [-0.25, -0.2) is 0 Å². The SMILES string of the molecule is CCOc1cc([C@H]2C3=CC[C@@H]4C(=O)N(c5ccc(Br)cc5)C(=O)[C@@H]4[C@@H]3C[C@H]3C(=O)N(c4ccc(Br)cc4)C(=O)[C@@H]23)ccc1O. The van der Waals surface area contributed by atoms with E-state index in [1.54, 1.807) is 66.7 Å². The fourth-order valence-electron chi connectivity index (χ4n) is 7.65. The normalized spacial score (nSPS) is 27.7. The summed E-state index contributed by atoms with van der Waals surface area (Å²) in [6, 6.07) is 19.1. The highest BCUT2D eigenvalue weighted by Gasteiger charge is 2.62. The second kappa shape index (κ2) is 11.0. The lowest BCUT2D eigenvalue weighted by Gasteiger charge is -2.44. The average molecular weight is 720 g/mol. The molecule has 3 aromatic rings. The van der Waals surface area contributed by atoms with Crippen LogP contribution in [0.25, 0.3) is 0 Å². The van der Waals surface area contributed by atoms with E-state index >= 15 is 0 Å². The molecule has 2 saturated heterocycles. The lowest BCUT2D eigenvalue weighted by molar-refractivity contribution is -0.126. The van der Waals surface area contributed by atoms with E-state index in [1.165, 1.54) is 9.80 Å². The van der Waals surface area contributed by atoms with Crippen molar-refractivity contribution in [2.45, 2.75) is 25.7 Å². The van der Waals surface area contributed by atoms with Gasteiger partial charge in [0.15, 0.2) is 11.5 Å². The molecule has 10 heteroatoms. The van der Waals surface area contributed by atoms with Crippen LogP contribution in [0.5, 0.6) is 11.5 Å². The third-order valence-corrected chi connectivity index (χ3v) is 10.5. The molecule has 0 radical (unpaired) electrons. The Morgan fingerprint density at radius 3 is 1.91 bits per heavy atom. The number of carbonyl (C=O) groups excluding carboxylic acids is 4. The molecule has 2 heterocycles. The van der Waals surface area contributed by atoms with Crippen LogP contribution in [0.15, 0.2) is 87.3 Å². The molecule has 2 aliphatic carbocycles. The van der Waals surface area contributed by atoms with Crippen LogP contribution in [0.2, 0.25) is 0 Å². The number of aromatic hydroxyl groups is 1. The summed E-state index contributed by atoms with van der Waals surface area (Å²) < 4.78 is 7.35. The van der Waals surface area contributed by atoms with Gasteiger partial charge in [0.1, 0.15) is 0 Å². The van der Waals surface area contributed by atoms with Gasteiger partial charge in [0.25, 0.3) is 0 Å². The maximum absolute atomic E-state index is 14.2. The summed E-state index contributed by atoms with van der Waals surface area (Å²) in [4.78, 5) is 58.7. The minimum absolute atomic E-state index is 0.0239. The number of phenols is 1. The molecule has 4 aliphatic rings. The number of anilines is 2. The highest BCUT2D eigenvalue weighted by atomic mass is 79.9. The molecule has 1 N–H and O–H groups in total. The molecule has 0 unspecified atom stereocenters. The molecule has 2 aliphatic heterocycles. The molecule has 3 aromatic carbocycles. The molecule has 7 rings (SSSR count). The van der Waals surface area contributed by atoms with Gasteiger partial charge in [-0.1, -0.05) is 49.6 Å². The Hall–Kier alpha value is -3.76. The number of hydrogen-bond donors (Lipinski definition) is 1. The number of amides is 4. The number of nitrogens with zero attached hydrogens (tertiary/aromatic N) is 2. The first-order valence-electron chi connectivity index (χ1n) is 14.6. The number of phenolic OH excluding ortho intramolecular Hbond substituents is 1. The minimum Gasteiger partial charge on any atom is -0.504 e. The maximum Gasteiger partial charge on any atom is 0.238 e.